The Morgan fingerprint density at radius 2 is 1.70 bits per heavy atom. The molecule has 2 aromatic carbocycles. The first kappa shape index (κ1) is 18.0. The number of thioether (sulfide) groups is 1. The number of para-hydroxylation sites is 1. The van der Waals surface area contributed by atoms with Crippen molar-refractivity contribution in [2.45, 2.75) is 17.8 Å². The third-order valence-electron chi connectivity index (χ3n) is 3.97. The van der Waals surface area contributed by atoms with Crippen LogP contribution in [0.25, 0.3) is 11.4 Å². The van der Waals surface area contributed by atoms with Crippen LogP contribution >= 0.6 is 35.6 Å². The van der Waals surface area contributed by atoms with Gasteiger partial charge in [0, 0.05) is 16.4 Å². The Labute approximate surface area is 170 Å². The lowest BCUT2D eigenvalue weighted by Gasteiger charge is -2.09. The molecule has 0 saturated heterocycles. The van der Waals surface area contributed by atoms with Crippen LogP contribution in [0.15, 0.2) is 59.8 Å². The average molecular weight is 415 g/mol. The highest BCUT2D eigenvalue weighted by molar-refractivity contribution is 7.98. The second-order valence-corrected chi connectivity index (χ2v) is 7.51. The molecule has 1 N–H and O–H groups in total. The smallest absolute Gasteiger partial charge is 0.199 e. The number of aryl methyl sites for hydroxylation is 1. The van der Waals surface area contributed by atoms with Crippen LogP contribution in [-0.2, 0) is 5.75 Å². The van der Waals surface area contributed by atoms with Gasteiger partial charge < -0.3 is 0 Å². The molecule has 4 aromatic rings. The van der Waals surface area contributed by atoms with E-state index in [-0.39, 0.29) is 0 Å². The molecule has 0 unspecified atom stereocenters. The van der Waals surface area contributed by atoms with E-state index in [0.717, 1.165) is 28.2 Å². The van der Waals surface area contributed by atoms with E-state index in [1.54, 1.807) is 11.8 Å². The number of nitrogens with zero attached hydrogens (tertiary/aromatic N) is 5. The van der Waals surface area contributed by atoms with Gasteiger partial charge in [-0.05, 0) is 55.5 Å². The van der Waals surface area contributed by atoms with E-state index in [1.807, 2.05) is 70.7 Å². The molecule has 136 valence electrons. The predicted octanol–water partition coefficient (Wildman–Crippen LogP) is 4.76. The van der Waals surface area contributed by atoms with Crippen LogP contribution in [-0.4, -0.2) is 29.5 Å². The number of hydrogen-bond donors (Lipinski definition) is 1. The number of rotatable bonds is 5. The SMILES string of the molecule is Cc1nnc(SCc2n[nH]c(=S)n2-c2ccc(Cl)cc2)n1-c1ccccc1. The highest BCUT2D eigenvalue weighted by Crippen LogP contribution is 2.25. The lowest BCUT2D eigenvalue weighted by atomic mass is 10.3. The molecule has 6 nitrogen and oxygen atoms in total. The summed E-state index contributed by atoms with van der Waals surface area (Å²) in [5.74, 6) is 2.22. The zero-order valence-corrected chi connectivity index (χ0v) is 16.7. The van der Waals surface area contributed by atoms with E-state index < -0.39 is 0 Å². The number of aromatic amines is 1. The number of halogens is 1. The number of nitrogens with one attached hydrogen (secondary N) is 1. The second-order valence-electron chi connectivity index (χ2n) is 5.75. The van der Waals surface area contributed by atoms with Crippen molar-refractivity contribution in [3.8, 4) is 11.4 Å². The fourth-order valence-corrected chi connectivity index (χ4v) is 4.02. The molecule has 2 aromatic heterocycles. The molecule has 0 atom stereocenters. The van der Waals surface area contributed by atoms with Gasteiger partial charge in [0.05, 0.1) is 5.75 Å². The van der Waals surface area contributed by atoms with Gasteiger partial charge in [0.2, 0.25) is 0 Å². The van der Waals surface area contributed by atoms with E-state index in [1.165, 1.54) is 0 Å². The standard InChI is InChI=1S/C18H15ClN6S2/c1-12-20-23-18(24(12)14-5-3-2-4-6-14)27-11-16-21-22-17(26)25(16)15-9-7-13(19)8-10-15/h2-10H,11H2,1H3,(H,22,26). The maximum atomic E-state index is 5.99. The van der Waals surface area contributed by atoms with Crippen molar-refractivity contribution >= 4 is 35.6 Å². The molecular weight excluding hydrogens is 400 g/mol. The number of hydrogen-bond acceptors (Lipinski definition) is 5. The summed E-state index contributed by atoms with van der Waals surface area (Å²) in [7, 11) is 0. The molecule has 0 aliphatic carbocycles. The minimum atomic E-state index is 0.536. The van der Waals surface area contributed by atoms with Crippen LogP contribution in [0.4, 0.5) is 0 Å². The zero-order valence-electron chi connectivity index (χ0n) is 14.3. The van der Waals surface area contributed by atoms with Gasteiger partial charge in [-0.3, -0.25) is 14.2 Å². The summed E-state index contributed by atoms with van der Waals surface area (Å²) in [5, 5.41) is 17.3. The Balaban J connectivity index is 1.63. The summed E-state index contributed by atoms with van der Waals surface area (Å²) in [6.07, 6.45) is 0. The monoisotopic (exact) mass is 414 g/mol. The molecule has 0 bridgehead atoms. The van der Waals surface area contributed by atoms with Crippen molar-refractivity contribution in [1.82, 2.24) is 29.5 Å². The lowest BCUT2D eigenvalue weighted by Crippen LogP contribution is -2.02. The van der Waals surface area contributed by atoms with Crippen molar-refractivity contribution in [3.05, 3.63) is 76.0 Å². The molecule has 0 fully saturated rings. The second kappa shape index (κ2) is 7.67. The third kappa shape index (κ3) is 3.69. The fourth-order valence-electron chi connectivity index (χ4n) is 2.72. The summed E-state index contributed by atoms with van der Waals surface area (Å²) in [5.41, 5.74) is 1.94. The molecule has 0 saturated carbocycles. The van der Waals surface area contributed by atoms with Crippen LogP contribution in [0.3, 0.4) is 0 Å². The predicted molar refractivity (Wildman–Crippen MR) is 109 cm³/mol. The topological polar surface area (TPSA) is 64.3 Å². The van der Waals surface area contributed by atoms with E-state index in [9.17, 15) is 0 Å². The van der Waals surface area contributed by atoms with Crippen LogP contribution < -0.4 is 0 Å². The highest BCUT2D eigenvalue weighted by Gasteiger charge is 2.14. The summed E-state index contributed by atoms with van der Waals surface area (Å²) < 4.78 is 4.46. The Morgan fingerprint density at radius 3 is 2.44 bits per heavy atom. The molecule has 0 aliphatic rings. The molecule has 2 heterocycles. The van der Waals surface area contributed by atoms with Gasteiger partial charge in [-0.15, -0.1) is 10.2 Å². The first-order valence-electron chi connectivity index (χ1n) is 8.16. The Bertz CT molecular complexity index is 1110. The van der Waals surface area contributed by atoms with Crippen molar-refractivity contribution in [1.29, 1.82) is 0 Å². The van der Waals surface area contributed by atoms with E-state index in [2.05, 4.69) is 20.4 Å². The summed E-state index contributed by atoms with van der Waals surface area (Å²) in [4.78, 5) is 0. The van der Waals surface area contributed by atoms with Gasteiger partial charge in [0.15, 0.2) is 9.93 Å². The van der Waals surface area contributed by atoms with Crippen molar-refractivity contribution in [3.63, 3.8) is 0 Å². The van der Waals surface area contributed by atoms with Crippen molar-refractivity contribution in [2.24, 2.45) is 0 Å². The normalized spacial score (nSPS) is 11.0. The first-order chi connectivity index (χ1) is 13.1. The average Bonchev–Trinajstić information content (AvgIpc) is 3.24. The number of benzene rings is 2. The van der Waals surface area contributed by atoms with Gasteiger partial charge in [0.25, 0.3) is 0 Å². The van der Waals surface area contributed by atoms with Crippen LogP contribution in [0.1, 0.15) is 11.6 Å². The van der Waals surface area contributed by atoms with Gasteiger partial charge in [-0.1, -0.05) is 41.6 Å². The zero-order chi connectivity index (χ0) is 18.8. The van der Waals surface area contributed by atoms with Gasteiger partial charge in [0.1, 0.15) is 11.6 Å². The van der Waals surface area contributed by atoms with Gasteiger partial charge in [-0.25, -0.2) is 0 Å². The molecule has 0 aliphatic heterocycles. The van der Waals surface area contributed by atoms with Crippen molar-refractivity contribution in [2.75, 3.05) is 0 Å². The van der Waals surface area contributed by atoms with Crippen LogP contribution in [0.2, 0.25) is 5.02 Å². The van der Waals surface area contributed by atoms with E-state index in [4.69, 9.17) is 23.8 Å². The third-order valence-corrected chi connectivity index (χ3v) is 5.42. The maximum absolute atomic E-state index is 5.99. The Morgan fingerprint density at radius 1 is 1.00 bits per heavy atom. The van der Waals surface area contributed by atoms with Crippen LogP contribution in [0, 0.1) is 11.7 Å². The quantitative estimate of drug-likeness (QED) is 0.376. The molecule has 0 spiro atoms. The summed E-state index contributed by atoms with van der Waals surface area (Å²) in [6, 6.07) is 17.5. The minimum absolute atomic E-state index is 0.536. The molecule has 0 amide bonds. The largest absolute Gasteiger partial charge is 0.274 e. The molecule has 27 heavy (non-hydrogen) atoms. The maximum Gasteiger partial charge on any atom is 0.199 e. The van der Waals surface area contributed by atoms with Gasteiger partial charge in [-0.2, -0.15) is 5.10 Å². The molecule has 4 rings (SSSR count). The molecular formula is C18H15ClN6S2. The summed E-state index contributed by atoms with van der Waals surface area (Å²) >= 11 is 12.9. The Kier molecular flexibility index (Phi) is 5.11. The minimum Gasteiger partial charge on any atom is -0.274 e. The van der Waals surface area contributed by atoms with Gasteiger partial charge >= 0.3 is 0 Å². The molecule has 0 radical (unpaired) electrons. The van der Waals surface area contributed by atoms with Crippen LogP contribution in [0.5, 0.6) is 0 Å². The fraction of sp³-hybridized carbons (Fsp3) is 0.111. The van der Waals surface area contributed by atoms with E-state index >= 15 is 0 Å². The Hall–Kier alpha value is -2.42. The summed E-state index contributed by atoms with van der Waals surface area (Å²) in [6.45, 7) is 1.94. The van der Waals surface area contributed by atoms with Crippen molar-refractivity contribution < 1.29 is 0 Å². The highest BCUT2D eigenvalue weighted by atomic mass is 35.5. The first-order valence-corrected chi connectivity index (χ1v) is 9.93. The lowest BCUT2D eigenvalue weighted by molar-refractivity contribution is 0.863. The van der Waals surface area contributed by atoms with E-state index in [0.29, 0.717) is 15.5 Å². The molecule has 9 heteroatoms. The number of H-pyrrole nitrogens is 1. The number of aromatic nitrogens is 6.